The first kappa shape index (κ1) is 91.8. The number of ketones is 1. The molecular weight excluding hydrogens is 1650 g/mol. The Hall–Kier alpha value is -4.44. The van der Waals surface area contributed by atoms with Crippen LogP contribution in [0.3, 0.4) is 0 Å². The number of unbranched alkanes of at least 4 members (excludes halogenated alkanes) is 3. The van der Waals surface area contributed by atoms with Crippen LogP contribution in [0.2, 0.25) is 29.2 Å². The van der Waals surface area contributed by atoms with Crippen LogP contribution in [0.25, 0.3) is 38.9 Å². The number of aromatic nitrogens is 9. The topological polar surface area (TPSA) is 179 Å². The summed E-state index contributed by atoms with van der Waals surface area (Å²) in [5.74, 6) is 28.5. The van der Waals surface area contributed by atoms with E-state index in [-0.39, 0.29) is 88.4 Å². The van der Waals surface area contributed by atoms with E-state index in [0.717, 1.165) is 111 Å². The van der Waals surface area contributed by atoms with Crippen molar-refractivity contribution in [2.45, 2.75) is 209 Å². The SMILES string of the molecule is C#CC#CC#CC#CC#CC#CC#C.C=C(OCC)c1c(C)c2cnc(Cl)nc2n(C2CCCC2)c1=O.C=[C](OCC)[Sn]([CH2]CCC)([CH2]CCC)[CH2]CCC.CC(=O)c1c(C)c2cnc(Cl)nc2n(C2CCCC2)c1=O.Cc1c(Br)c(=O)n(C2CCCC2)c2nc(Cl)ncc12.Cl.PP(P)P(P)P. The van der Waals surface area contributed by atoms with E-state index < -0.39 is 18.4 Å². The molecule has 0 radical (unpaired) electrons. The smallest absolute Gasteiger partial charge is 0.267 e. The zero-order valence-corrected chi connectivity index (χ0v) is 73.8. The van der Waals surface area contributed by atoms with E-state index in [1.54, 1.807) is 39.2 Å². The van der Waals surface area contributed by atoms with E-state index in [4.69, 9.17) is 57.1 Å². The molecule has 0 bridgehead atoms. The van der Waals surface area contributed by atoms with Crippen LogP contribution in [0.1, 0.15) is 208 Å². The quantitative estimate of drug-likeness (QED) is 0.0177. The molecule has 0 spiro atoms. The van der Waals surface area contributed by atoms with Crippen LogP contribution in [-0.2, 0) is 9.47 Å². The summed E-state index contributed by atoms with van der Waals surface area (Å²) in [7, 11) is 11.2. The average Bonchev–Trinajstić information content (AvgIpc) is 1.03. The molecule has 15 nitrogen and oxygen atoms in total. The van der Waals surface area contributed by atoms with Crippen LogP contribution in [0.15, 0.2) is 54.4 Å². The van der Waals surface area contributed by atoms with Crippen LogP contribution in [0, 0.1) is 105 Å². The number of rotatable bonds is 20. The normalized spacial score (nSPS) is 12.9. The zero-order chi connectivity index (χ0) is 74.8. The van der Waals surface area contributed by atoms with Gasteiger partial charge in [0.15, 0.2) is 5.78 Å². The van der Waals surface area contributed by atoms with Crippen LogP contribution >= 0.6 is 113 Å². The fourth-order valence-electron chi connectivity index (χ4n) is 12.4. The number of nitrogens with zero attached hydrogens (tertiary/aromatic N) is 9. The minimum atomic E-state index is -2.24. The summed E-state index contributed by atoms with van der Waals surface area (Å²) in [5.41, 5.74) is 4.45. The summed E-state index contributed by atoms with van der Waals surface area (Å²) < 4.78 is 22.9. The first-order chi connectivity index (χ1) is 48.4. The molecule has 27 heteroatoms. The van der Waals surface area contributed by atoms with Crippen LogP contribution in [0.4, 0.5) is 0 Å². The zero-order valence-electron chi connectivity index (χ0n) is 59.9. The molecule has 0 saturated heterocycles. The van der Waals surface area contributed by atoms with Crippen molar-refractivity contribution in [3.05, 3.63) is 115 Å². The number of terminal acetylenes is 2. The molecule has 6 heterocycles. The van der Waals surface area contributed by atoms with Gasteiger partial charge in [0.2, 0.25) is 15.9 Å². The summed E-state index contributed by atoms with van der Waals surface area (Å²) in [6, 6.07) is 0.451. The summed E-state index contributed by atoms with van der Waals surface area (Å²) in [5, 5.41) is 2.86. The summed E-state index contributed by atoms with van der Waals surface area (Å²) in [6.07, 6.45) is 35.3. The second kappa shape index (κ2) is 48.7. The van der Waals surface area contributed by atoms with Crippen molar-refractivity contribution in [3.63, 3.8) is 0 Å². The van der Waals surface area contributed by atoms with E-state index >= 15 is 0 Å². The molecule has 0 aliphatic heterocycles. The van der Waals surface area contributed by atoms with Gasteiger partial charge in [-0.25, -0.2) is 15.0 Å². The van der Waals surface area contributed by atoms with Crippen molar-refractivity contribution in [2.75, 3.05) is 13.2 Å². The minimum absolute atomic E-state index is 0. The first-order valence-corrected chi connectivity index (χ1v) is 53.2. The monoisotopic (exact) mass is 1740 g/mol. The van der Waals surface area contributed by atoms with E-state index in [0.29, 0.717) is 44.9 Å². The summed E-state index contributed by atoms with van der Waals surface area (Å²) in [6.45, 7) is 27.7. The predicted octanol–water partition coefficient (Wildman–Crippen LogP) is 20.2. The molecule has 0 amide bonds. The molecule has 9 rings (SSSR count). The van der Waals surface area contributed by atoms with Crippen molar-refractivity contribution in [2.24, 2.45) is 0 Å². The Labute approximate surface area is 649 Å². The largest absolute Gasteiger partial charge is 0.294 e. The van der Waals surface area contributed by atoms with Crippen LogP contribution in [-0.4, -0.2) is 81.0 Å². The van der Waals surface area contributed by atoms with Gasteiger partial charge < -0.3 is 4.74 Å². The Morgan fingerprint density at radius 2 is 0.853 bits per heavy atom. The molecule has 3 fully saturated rings. The van der Waals surface area contributed by atoms with Crippen LogP contribution < -0.4 is 16.7 Å². The number of pyridine rings is 3. The number of ether oxygens (including phenoxy) is 2. The third kappa shape index (κ3) is 27.1. The minimum Gasteiger partial charge on any atom is -0.294 e. The molecule has 102 heavy (non-hydrogen) atoms. The molecular formula is C75H94BrCl4N9O6P6Sn. The van der Waals surface area contributed by atoms with E-state index in [1.807, 2.05) is 20.8 Å². The number of aryl methyl sites for hydroxylation is 3. The summed E-state index contributed by atoms with van der Waals surface area (Å²) >= 11 is 18.9. The molecule has 0 aromatic carbocycles. The molecule has 3 aliphatic rings. The van der Waals surface area contributed by atoms with E-state index in [2.05, 4.69) is 193 Å². The van der Waals surface area contributed by atoms with Gasteiger partial charge in [0.1, 0.15) is 22.7 Å². The maximum atomic E-state index is 13.1. The number of carbonyl (C=O) groups is 1. The average molecular weight is 1740 g/mol. The predicted molar refractivity (Wildman–Crippen MR) is 454 cm³/mol. The Morgan fingerprint density at radius 3 is 1.16 bits per heavy atom. The molecule has 6 aromatic heterocycles. The van der Waals surface area contributed by atoms with Gasteiger partial charge in [-0.15, -0.1) is 61.0 Å². The second-order valence-corrected chi connectivity index (χ2v) is 58.8. The van der Waals surface area contributed by atoms with Gasteiger partial charge in [0.05, 0.1) is 22.2 Å². The van der Waals surface area contributed by atoms with Gasteiger partial charge in [-0.3, -0.25) is 32.9 Å². The number of Topliss-reactive ketones (excluding diaryl/α,β-unsaturated/α-hetero) is 1. The van der Waals surface area contributed by atoms with Gasteiger partial charge >= 0.3 is 120 Å². The van der Waals surface area contributed by atoms with E-state index in [1.165, 1.54) is 62.5 Å². The molecule has 0 N–H and O–H groups in total. The van der Waals surface area contributed by atoms with Crippen LogP contribution in [0.5, 0.6) is 0 Å². The number of fused-ring (bicyclic) bond motifs is 3. The van der Waals surface area contributed by atoms with Gasteiger partial charge in [0.25, 0.3) is 16.7 Å². The molecule has 3 aliphatic carbocycles. The Kier molecular flexibility index (Phi) is 43.8. The standard InChI is InChI=1S/C17H20ClN3O2.C15H16ClN3O2.C14H2.C13H13BrClN3O.C4H7O.3C4H9.ClH.H8P6.Sn/c1-4-23-11(3)14-10(2)13-9-19-17(18)20-15(13)21(16(14)22)12-7-5-6-8-12;1-8-11-7-17-15(16)18-13(11)19(10-5-3-4-6-10)14(21)12(8)9(2)20;1-3-5-7-9-11-13-14-12-10-8-6-4-2;1-7-9-6-16-13(15)17-11(9)18(12(19)10(7)14)8-4-2-3-5-8;1-3-5-4-2;3*1-3-4-2;;1-5(2)6(3)4;/h9,12H,3-8H2,1-2H3;7,10H,3-6H2,1-2H3;1-2H;6,8H,2-5H2,1H3;1,4H2,2H3;3*1,3-4H2,2H3;1H;1-4H2;. The third-order valence-corrected chi connectivity index (χ3v) is 55.2. The fourth-order valence-corrected chi connectivity index (χ4v) is 27.8. The van der Waals surface area contributed by atoms with Crippen molar-refractivity contribution in [1.82, 2.24) is 43.6 Å². The Morgan fingerprint density at radius 1 is 0.549 bits per heavy atom. The van der Waals surface area contributed by atoms with Crippen molar-refractivity contribution >= 4 is 176 Å². The third-order valence-electron chi connectivity index (χ3n) is 17.4. The van der Waals surface area contributed by atoms with Gasteiger partial charge in [0, 0.05) is 52.9 Å². The number of hydrogen-bond donors (Lipinski definition) is 0. The number of halogens is 5. The maximum absolute atomic E-state index is 13.1. The molecule has 544 valence electrons. The number of carbonyl (C=O) groups excluding carboxylic acids is 1. The first-order valence-electron chi connectivity index (χ1n) is 33.9. The van der Waals surface area contributed by atoms with Crippen molar-refractivity contribution < 1.29 is 14.3 Å². The molecule has 3 saturated carbocycles. The number of hydrogen-bond acceptors (Lipinski definition) is 12. The molecule has 4 atom stereocenters. The molecule has 6 aromatic rings. The molecule has 4 unspecified atom stereocenters. The summed E-state index contributed by atoms with van der Waals surface area (Å²) in [4.78, 5) is 75.3. The fraction of sp³-hybridized carbons (Fsp3) is 0.467. The second-order valence-electron chi connectivity index (χ2n) is 24.1. The van der Waals surface area contributed by atoms with Crippen molar-refractivity contribution in [3.8, 4) is 83.9 Å². The van der Waals surface area contributed by atoms with E-state index in [9.17, 15) is 19.2 Å². The Bertz CT molecular complexity index is 4440. The van der Waals surface area contributed by atoms with Gasteiger partial charge in [-0.1, -0.05) is 45.1 Å². The maximum Gasteiger partial charge on any atom is 0.267 e. The van der Waals surface area contributed by atoms with Gasteiger partial charge in [-0.2, -0.15) is 15.0 Å². The van der Waals surface area contributed by atoms with Crippen molar-refractivity contribution in [1.29, 1.82) is 0 Å². The van der Waals surface area contributed by atoms with Gasteiger partial charge in [-0.05, 0) is 226 Å². The Balaban J connectivity index is 0.000000326.